The Morgan fingerprint density at radius 2 is 1.42 bits per heavy atom. The zero-order valence-corrected chi connectivity index (χ0v) is 22.6. The number of methoxy groups -OCH3 is 1. The van der Waals surface area contributed by atoms with Crippen molar-refractivity contribution < 1.29 is 19.4 Å². The fourth-order valence-electron chi connectivity index (χ4n) is 8.12. The van der Waals surface area contributed by atoms with Crippen molar-refractivity contribution in [2.24, 2.45) is 17.8 Å². The van der Waals surface area contributed by atoms with Gasteiger partial charge in [0.05, 0.1) is 12.2 Å². The van der Waals surface area contributed by atoms with Crippen molar-refractivity contribution in [1.82, 2.24) is 0 Å². The molecule has 0 atom stereocenters. The summed E-state index contributed by atoms with van der Waals surface area (Å²) in [6, 6.07) is 18.6. The van der Waals surface area contributed by atoms with Gasteiger partial charge in [-0.15, -0.1) is 0 Å². The SMILES string of the molecule is COCCCCCCOc1cc2ccc(-c3ccc(C(=O)O)cc3)cc2cc1C12CC3CC(CC(C3)C1)C2. The molecule has 200 valence electrons. The van der Waals surface area contributed by atoms with Crippen molar-refractivity contribution >= 4 is 16.7 Å². The Morgan fingerprint density at radius 1 is 0.789 bits per heavy atom. The van der Waals surface area contributed by atoms with E-state index in [2.05, 4.69) is 30.3 Å². The average molecular weight is 513 g/mol. The summed E-state index contributed by atoms with van der Waals surface area (Å²) in [7, 11) is 1.77. The van der Waals surface area contributed by atoms with Gasteiger partial charge in [0.15, 0.2) is 0 Å². The average Bonchev–Trinajstić information content (AvgIpc) is 2.91. The highest BCUT2D eigenvalue weighted by molar-refractivity contribution is 5.91. The van der Waals surface area contributed by atoms with E-state index < -0.39 is 5.97 Å². The molecule has 0 amide bonds. The minimum atomic E-state index is -0.891. The number of rotatable bonds is 11. The summed E-state index contributed by atoms with van der Waals surface area (Å²) in [5.41, 5.74) is 4.19. The molecule has 0 radical (unpaired) electrons. The molecule has 0 aliphatic heterocycles. The first-order chi connectivity index (χ1) is 18.5. The molecule has 1 N–H and O–H groups in total. The molecule has 4 fully saturated rings. The van der Waals surface area contributed by atoms with Crippen molar-refractivity contribution in [1.29, 1.82) is 0 Å². The van der Waals surface area contributed by atoms with Crippen LogP contribution in [0.4, 0.5) is 0 Å². The Bertz CT molecular complexity index is 1260. The number of benzene rings is 3. The van der Waals surface area contributed by atoms with Crippen LogP contribution in [0.25, 0.3) is 21.9 Å². The van der Waals surface area contributed by atoms with Crippen LogP contribution in [-0.2, 0) is 10.2 Å². The Kier molecular flexibility index (Phi) is 7.18. The molecule has 0 saturated heterocycles. The Hall–Kier alpha value is -2.85. The second-order valence-electron chi connectivity index (χ2n) is 12.2. The molecule has 0 aromatic heterocycles. The molecular formula is C34H40O4. The Balaban J connectivity index is 1.31. The van der Waals surface area contributed by atoms with Gasteiger partial charge in [-0.25, -0.2) is 4.79 Å². The third-order valence-corrected chi connectivity index (χ3v) is 9.51. The smallest absolute Gasteiger partial charge is 0.335 e. The Labute approximate surface area is 226 Å². The van der Waals surface area contributed by atoms with Gasteiger partial charge in [0.1, 0.15) is 5.75 Å². The van der Waals surface area contributed by atoms with Crippen LogP contribution in [0.3, 0.4) is 0 Å². The molecule has 4 heteroatoms. The maximum Gasteiger partial charge on any atom is 0.335 e. The molecule has 4 bridgehead atoms. The number of carbonyl (C=O) groups is 1. The zero-order valence-electron chi connectivity index (χ0n) is 22.6. The second-order valence-corrected chi connectivity index (χ2v) is 12.2. The summed E-state index contributed by atoms with van der Waals surface area (Å²) in [4.78, 5) is 11.3. The topological polar surface area (TPSA) is 55.8 Å². The van der Waals surface area contributed by atoms with E-state index in [1.807, 2.05) is 12.1 Å². The van der Waals surface area contributed by atoms with Gasteiger partial charge in [-0.3, -0.25) is 0 Å². The minimum absolute atomic E-state index is 0.260. The van der Waals surface area contributed by atoms with E-state index in [-0.39, 0.29) is 5.41 Å². The molecule has 4 nitrogen and oxygen atoms in total. The van der Waals surface area contributed by atoms with Crippen LogP contribution < -0.4 is 4.74 Å². The summed E-state index contributed by atoms with van der Waals surface area (Å²) >= 11 is 0. The monoisotopic (exact) mass is 512 g/mol. The van der Waals surface area contributed by atoms with Gasteiger partial charge in [-0.2, -0.15) is 0 Å². The van der Waals surface area contributed by atoms with Crippen LogP contribution in [0.2, 0.25) is 0 Å². The first-order valence-electron chi connectivity index (χ1n) is 14.6. The number of hydrogen-bond acceptors (Lipinski definition) is 3. The molecule has 4 saturated carbocycles. The lowest BCUT2D eigenvalue weighted by Gasteiger charge is -2.57. The quantitative estimate of drug-likeness (QED) is 0.263. The lowest BCUT2D eigenvalue weighted by Crippen LogP contribution is -2.48. The second kappa shape index (κ2) is 10.7. The molecule has 4 aliphatic carbocycles. The number of carboxylic acids is 1. The predicted octanol–water partition coefficient (Wildman–Crippen LogP) is 8.26. The van der Waals surface area contributed by atoms with Crippen LogP contribution >= 0.6 is 0 Å². The van der Waals surface area contributed by atoms with Crippen LogP contribution in [0.1, 0.15) is 80.1 Å². The van der Waals surface area contributed by atoms with E-state index in [4.69, 9.17) is 9.47 Å². The maximum atomic E-state index is 11.3. The minimum Gasteiger partial charge on any atom is -0.493 e. The number of fused-ring (bicyclic) bond motifs is 1. The van der Waals surface area contributed by atoms with Crippen molar-refractivity contribution in [3.8, 4) is 16.9 Å². The van der Waals surface area contributed by atoms with Crippen LogP contribution in [-0.4, -0.2) is 31.4 Å². The van der Waals surface area contributed by atoms with Gasteiger partial charge in [0.25, 0.3) is 0 Å². The summed E-state index contributed by atoms with van der Waals surface area (Å²) in [6.45, 7) is 1.61. The lowest BCUT2D eigenvalue weighted by atomic mass is 9.48. The molecular weight excluding hydrogens is 472 g/mol. The van der Waals surface area contributed by atoms with Crippen molar-refractivity contribution in [2.45, 2.75) is 69.6 Å². The van der Waals surface area contributed by atoms with Crippen molar-refractivity contribution in [3.63, 3.8) is 0 Å². The van der Waals surface area contributed by atoms with Crippen LogP contribution in [0.5, 0.6) is 5.75 Å². The van der Waals surface area contributed by atoms with Crippen molar-refractivity contribution in [2.75, 3.05) is 20.3 Å². The highest BCUT2D eigenvalue weighted by atomic mass is 16.5. The number of unbranched alkanes of at least 4 members (excludes halogenated alkanes) is 3. The van der Waals surface area contributed by atoms with Gasteiger partial charge < -0.3 is 14.6 Å². The van der Waals surface area contributed by atoms with Crippen LogP contribution in [0.15, 0.2) is 54.6 Å². The van der Waals surface area contributed by atoms with Gasteiger partial charge in [0.2, 0.25) is 0 Å². The largest absolute Gasteiger partial charge is 0.493 e. The summed E-state index contributed by atoms with van der Waals surface area (Å²) in [6.07, 6.45) is 12.8. The predicted molar refractivity (Wildman–Crippen MR) is 152 cm³/mol. The number of carboxylic acid groups (broad SMARTS) is 1. The molecule has 0 unspecified atom stereocenters. The number of hydrogen-bond donors (Lipinski definition) is 1. The molecule has 4 aliphatic rings. The molecule has 0 heterocycles. The standard InChI is InChI=1S/C34H40O4/c1-37-12-4-2-3-5-13-38-32-19-29-11-10-28(26-6-8-27(9-7-26)33(35)36)17-30(29)18-31(32)34-20-23-14-24(21-34)16-25(15-23)22-34/h6-11,17-19,23-25H,2-5,12-16,20-22H2,1H3,(H,35,36). The fourth-order valence-corrected chi connectivity index (χ4v) is 8.12. The van der Waals surface area contributed by atoms with E-state index in [1.54, 1.807) is 19.2 Å². The highest BCUT2D eigenvalue weighted by Crippen LogP contribution is 2.62. The third-order valence-electron chi connectivity index (χ3n) is 9.51. The molecule has 3 aromatic carbocycles. The summed E-state index contributed by atoms with van der Waals surface area (Å²) in [5, 5.41) is 11.7. The Morgan fingerprint density at radius 3 is 2.05 bits per heavy atom. The van der Waals surface area contributed by atoms with Gasteiger partial charge in [0, 0.05) is 19.3 Å². The molecule has 0 spiro atoms. The molecule has 3 aromatic rings. The van der Waals surface area contributed by atoms with Gasteiger partial charge in [-0.1, -0.05) is 30.7 Å². The third kappa shape index (κ3) is 5.08. The highest BCUT2D eigenvalue weighted by Gasteiger charge is 2.52. The zero-order chi connectivity index (χ0) is 26.1. The van der Waals surface area contributed by atoms with Gasteiger partial charge in [-0.05, 0) is 133 Å². The van der Waals surface area contributed by atoms with Crippen molar-refractivity contribution in [3.05, 3.63) is 65.7 Å². The summed E-state index contributed by atoms with van der Waals surface area (Å²) in [5.74, 6) is 2.85. The van der Waals surface area contributed by atoms with Crippen LogP contribution in [0, 0.1) is 17.8 Å². The molecule has 38 heavy (non-hydrogen) atoms. The fraction of sp³-hybridized carbons (Fsp3) is 0.500. The normalized spacial score (nSPS) is 25.7. The van der Waals surface area contributed by atoms with E-state index in [0.29, 0.717) is 5.56 Å². The molecule has 7 rings (SSSR count). The first-order valence-corrected chi connectivity index (χ1v) is 14.6. The number of aromatic carboxylic acids is 1. The van der Waals surface area contributed by atoms with E-state index in [1.165, 1.54) is 67.7 Å². The first kappa shape index (κ1) is 25.4. The van der Waals surface area contributed by atoms with Gasteiger partial charge >= 0.3 is 5.97 Å². The summed E-state index contributed by atoms with van der Waals surface area (Å²) < 4.78 is 11.8. The van der Waals surface area contributed by atoms with E-state index in [0.717, 1.165) is 60.7 Å². The van der Waals surface area contributed by atoms with E-state index >= 15 is 0 Å². The maximum absolute atomic E-state index is 11.3. The van der Waals surface area contributed by atoms with E-state index in [9.17, 15) is 9.90 Å². The number of ether oxygens (including phenoxy) is 2. The lowest BCUT2D eigenvalue weighted by molar-refractivity contribution is -0.00633.